The topological polar surface area (TPSA) is 34.6 Å². The van der Waals surface area contributed by atoms with Crippen molar-refractivity contribution in [1.29, 1.82) is 0 Å². The third-order valence-corrected chi connectivity index (χ3v) is 5.66. The molecule has 3 aromatic carbocycles. The number of halogens is 1. The minimum atomic E-state index is 0.612. The van der Waals surface area contributed by atoms with E-state index < -0.39 is 0 Å². The van der Waals surface area contributed by atoms with E-state index in [1.54, 1.807) is 14.2 Å². The van der Waals surface area contributed by atoms with Crippen molar-refractivity contribution in [3.8, 4) is 11.5 Å². The lowest BCUT2D eigenvalue weighted by Gasteiger charge is -2.25. The molecule has 0 unspecified atom stereocenters. The summed E-state index contributed by atoms with van der Waals surface area (Å²) < 4.78 is 10.6. The molecule has 0 aliphatic carbocycles. The zero-order chi connectivity index (χ0) is 21.8. The van der Waals surface area contributed by atoms with Crippen molar-refractivity contribution in [2.24, 2.45) is 0 Å². The Morgan fingerprint density at radius 2 is 1.35 bits per heavy atom. The first-order valence-corrected chi connectivity index (χ1v) is 10.7. The largest absolute Gasteiger partial charge is 0.497 e. The van der Waals surface area contributed by atoms with E-state index in [1.807, 2.05) is 48.5 Å². The smallest absolute Gasteiger partial charge is 0.148 e. The zero-order valence-corrected chi connectivity index (χ0v) is 19.0. The average molecular weight is 451 g/mol. The van der Waals surface area contributed by atoms with Gasteiger partial charge in [-0.25, -0.2) is 4.98 Å². The van der Waals surface area contributed by atoms with Crippen LogP contribution in [0.1, 0.15) is 11.1 Å². The van der Waals surface area contributed by atoms with Crippen LogP contribution in [-0.4, -0.2) is 19.2 Å². The highest BCUT2D eigenvalue weighted by atomic mass is 35.5. The molecule has 158 valence electrons. The Labute approximate surface area is 192 Å². The summed E-state index contributed by atoms with van der Waals surface area (Å²) in [4.78, 5) is 7.93. The molecule has 0 aliphatic rings. The number of fused-ring (bicyclic) bond motifs is 1. The molecule has 6 heteroatoms. The lowest BCUT2D eigenvalue weighted by molar-refractivity contribution is 0.414. The predicted molar refractivity (Wildman–Crippen MR) is 130 cm³/mol. The number of benzene rings is 3. The van der Waals surface area contributed by atoms with Gasteiger partial charge in [-0.05, 0) is 53.6 Å². The van der Waals surface area contributed by atoms with Crippen molar-refractivity contribution in [3.63, 3.8) is 0 Å². The summed E-state index contributed by atoms with van der Waals surface area (Å²) in [6.45, 7) is 1.30. The van der Waals surface area contributed by atoms with Gasteiger partial charge in [0.2, 0.25) is 0 Å². The van der Waals surface area contributed by atoms with Crippen LogP contribution in [0.4, 0.5) is 5.82 Å². The average Bonchev–Trinajstić information content (AvgIpc) is 2.79. The van der Waals surface area contributed by atoms with Crippen molar-refractivity contribution < 1.29 is 9.47 Å². The monoisotopic (exact) mass is 450 g/mol. The van der Waals surface area contributed by atoms with Crippen molar-refractivity contribution in [3.05, 3.63) is 88.9 Å². The van der Waals surface area contributed by atoms with Gasteiger partial charge in [0.15, 0.2) is 0 Å². The summed E-state index contributed by atoms with van der Waals surface area (Å²) >= 11 is 11.2. The maximum absolute atomic E-state index is 6.70. The minimum Gasteiger partial charge on any atom is -0.497 e. The van der Waals surface area contributed by atoms with E-state index in [0.717, 1.165) is 44.2 Å². The molecule has 1 aromatic heterocycles. The molecular formula is C25H23ClN2O2S. The van der Waals surface area contributed by atoms with Gasteiger partial charge in [-0.1, -0.05) is 41.9 Å². The highest BCUT2D eigenvalue weighted by Crippen LogP contribution is 2.31. The number of nitrogens with zero attached hydrogens (tertiary/aromatic N) is 2. The molecule has 0 saturated carbocycles. The third-order valence-electron chi connectivity index (χ3n) is 5.10. The van der Waals surface area contributed by atoms with Crippen molar-refractivity contribution in [1.82, 2.24) is 4.98 Å². The van der Waals surface area contributed by atoms with Crippen LogP contribution in [-0.2, 0) is 13.1 Å². The van der Waals surface area contributed by atoms with Crippen LogP contribution in [0.15, 0.2) is 77.7 Å². The summed E-state index contributed by atoms with van der Waals surface area (Å²) in [6.07, 6.45) is 0. The Kier molecular flexibility index (Phi) is 6.54. The normalized spacial score (nSPS) is 10.8. The van der Waals surface area contributed by atoms with Crippen LogP contribution in [0.5, 0.6) is 11.5 Å². The van der Waals surface area contributed by atoms with E-state index in [2.05, 4.69) is 41.8 Å². The van der Waals surface area contributed by atoms with Crippen LogP contribution in [0.25, 0.3) is 10.9 Å². The zero-order valence-electron chi connectivity index (χ0n) is 17.4. The van der Waals surface area contributed by atoms with E-state index in [-0.39, 0.29) is 0 Å². The fourth-order valence-electron chi connectivity index (χ4n) is 3.45. The first-order chi connectivity index (χ1) is 15.1. The van der Waals surface area contributed by atoms with Gasteiger partial charge in [0, 0.05) is 23.4 Å². The first kappa shape index (κ1) is 21.3. The fraction of sp³-hybridized carbons (Fsp3) is 0.160. The molecule has 0 fully saturated rings. The Hall–Kier alpha value is -2.89. The lowest BCUT2D eigenvalue weighted by Crippen LogP contribution is -2.23. The molecule has 0 amide bonds. The van der Waals surface area contributed by atoms with E-state index in [9.17, 15) is 0 Å². The van der Waals surface area contributed by atoms with E-state index in [4.69, 9.17) is 26.1 Å². The third kappa shape index (κ3) is 5.06. The molecule has 1 heterocycles. The Bertz CT molecular complexity index is 1130. The molecule has 4 nitrogen and oxygen atoms in total. The number of thiol groups is 1. The van der Waals surface area contributed by atoms with Gasteiger partial charge in [0.05, 0.1) is 24.8 Å². The summed E-state index contributed by atoms with van der Waals surface area (Å²) in [6, 6.07) is 23.9. The van der Waals surface area contributed by atoms with Gasteiger partial charge in [-0.3, -0.25) is 0 Å². The van der Waals surface area contributed by atoms with Gasteiger partial charge in [0.1, 0.15) is 17.3 Å². The second-order valence-corrected chi connectivity index (χ2v) is 8.15. The Morgan fingerprint density at radius 1 is 0.806 bits per heavy atom. The fourth-order valence-corrected chi connectivity index (χ4v) is 3.93. The van der Waals surface area contributed by atoms with Crippen molar-refractivity contribution in [2.45, 2.75) is 18.0 Å². The van der Waals surface area contributed by atoms with Gasteiger partial charge in [-0.2, -0.15) is 0 Å². The highest BCUT2D eigenvalue weighted by Gasteiger charge is 2.16. The van der Waals surface area contributed by atoms with Crippen LogP contribution in [0, 0.1) is 0 Å². The summed E-state index contributed by atoms with van der Waals surface area (Å²) in [7, 11) is 3.33. The number of hydrogen-bond donors (Lipinski definition) is 1. The highest BCUT2D eigenvalue weighted by molar-refractivity contribution is 7.80. The summed E-state index contributed by atoms with van der Waals surface area (Å²) in [5.74, 6) is 2.39. The molecule has 0 spiro atoms. The molecular weight excluding hydrogens is 428 g/mol. The number of pyridine rings is 1. The Balaban J connectivity index is 1.72. The van der Waals surface area contributed by atoms with Gasteiger partial charge < -0.3 is 14.4 Å². The second kappa shape index (κ2) is 9.50. The molecule has 0 aliphatic heterocycles. The standard InChI is InChI=1S/C25H23ClN2O2S/c1-29-20-8-3-17(4-9-20)15-28(16-18-5-10-21(30-2)11-6-18)25-23(26)13-19-7-12-22(31)14-24(19)27-25/h3-14,31H,15-16H2,1-2H3. The van der Waals surface area contributed by atoms with Crippen molar-refractivity contribution >= 4 is 41.0 Å². The van der Waals surface area contributed by atoms with E-state index in [1.165, 1.54) is 0 Å². The number of methoxy groups -OCH3 is 2. The molecule has 0 bridgehead atoms. The van der Waals surface area contributed by atoms with Crippen LogP contribution >= 0.6 is 24.2 Å². The van der Waals surface area contributed by atoms with Crippen LogP contribution in [0.3, 0.4) is 0 Å². The van der Waals surface area contributed by atoms with Crippen molar-refractivity contribution in [2.75, 3.05) is 19.1 Å². The number of hydrogen-bond acceptors (Lipinski definition) is 5. The predicted octanol–water partition coefficient (Wildman–Crippen LogP) is 6.40. The van der Waals surface area contributed by atoms with Gasteiger partial charge >= 0.3 is 0 Å². The quantitative estimate of drug-likeness (QED) is 0.330. The van der Waals surface area contributed by atoms with Gasteiger partial charge in [0.25, 0.3) is 0 Å². The molecule has 4 rings (SSSR count). The van der Waals surface area contributed by atoms with E-state index in [0.29, 0.717) is 18.1 Å². The van der Waals surface area contributed by atoms with E-state index >= 15 is 0 Å². The molecule has 0 radical (unpaired) electrons. The number of rotatable bonds is 7. The molecule has 0 atom stereocenters. The summed E-state index contributed by atoms with van der Waals surface area (Å²) in [5, 5.41) is 1.60. The van der Waals surface area contributed by atoms with Crippen LogP contribution < -0.4 is 14.4 Å². The summed E-state index contributed by atoms with van der Waals surface area (Å²) in [5.41, 5.74) is 3.13. The lowest BCUT2D eigenvalue weighted by atomic mass is 10.1. The SMILES string of the molecule is COc1ccc(CN(Cc2ccc(OC)cc2)c2nc3cc(S)ccc3cc2Cl)cc1. The first-order valence-electron chi connectivity index (χ1n) is 9.86. The second-order valence-electron chi connectivity index (χ2n) is 7.22. The Morgan fingerprint density at radius 3 is 1.87 bits per heavy atom. The number of aromatic nitrogens is 1. The van der Waals surface area contributed by atoms with Crippen LogP contribution in [0.2, 0.25) is 5.02 Å². The molecule has 4 aromatic rings. The molecule has 31 heavy (non-hydrogen) atoms. The molecule has 0 saturated heterocycles. The maximum Gasteiger partial charge on any atom is 0.148 e. The number of anilines is 1. The number of ether oxygens (including phenoxy) is 2. The van der Waals surface area contributed by atoms with Gasteiger partial charge in [-0.15, -0.1) is 12.6 Å². The minimum absolute atomic E-state index is 0.612. The molecule has 0 N–H and O–H groups in total. The maximum atomic E-state index is 6.70.